The Kier molecular flexibility index (Phi) is 6.11. The van der Waals surface area contributed by atoms with E-state index in [1.54, 1.807) is 0 Å². The molecule has 1 aromatic carbocycles. The number of fused-ring (bicyclic) bond motifs is 1. The molecule has 2 aliphatic heterocycles. The lowest BCUT2D eigenvalue weighted by Gasteiger charge is -2.42. The summed E-state index contributed by atoms with van der Waals surface area (Å²) in [6.07, 6.45) is 4.45. The molecule has 0 aliphatic carbocycles. The summed E-state index contributed by atoms with van der Waals surface area (Å²) >= 11 is 0. The van der Waals surface area contributed by atoms with Crippen molar-refractivity contribution in [1.29, 1.82) is 0 Å². The fourth-order valence-corrected chi connectivity index (χ4v) is 5.07. The molecule has 4 rings (SSSR count). The average molecular weight is 425 g/mol. The van der Waals surface area contributed by atoms with Crippen LogP contribution in [-0.2, 0) is 11.3 Å². The average Bonchev–Trinajstić information content (AvgIpc) is 3.22. The summed E-state index contributed by atoms with van der Waals surface area (Å²) in [5.74, 6) is 0.805. The van der Waals surface area contributed by atoms with Crippen LogP contribution in [0.25, 0.3) is 10.9 Å². The molecule has 2 aliphatic rings. The Morgan fingerprint density at radius 2 is 1.74 bits per heavy atom. The van der Waals surface area contributed by atoms with Crippen molar-refractivity contribution in [3.05, 3.63) is 36.0 Å². The maximum Gasteiger partial charge on any atom is 0.327 e. The highest BCUT2D eigenvalue weighted by Crippen LogP contribution is 2.38. The predicted molar refractivity (Wildman–Crippen MR) is 124 cm³/mol. The quantitative estimate of drug-likeness (QED) is 0.667. The van der Waals surface area contributed by atoms with Crippen LogP contribution >= 0.6 is 0 Å². The number of nitrogens with one attached hydrogen (secondary N) is 1. The summed E-state index contributed by atoms with van der Waals surface area (Å²) in [6, 6.07) is 8.30. The van der Waals surface area contributed by atoms with Crippen LogP contribution in [0.2, 0.25) is 0 Å². The molecule has 2 fully saturated rings. The van der Waals surface area contributed by atoms with E-state index in [1.807, 2.05) is 11.0 Å². The topological polar surface area (TPSA) is 59.7 Å². The van der Waals surface area contributed by atoms with Crippen molar-refractivity contribution in [2.75, 3.05) is 26.2 Å². The van der Waals surface area contributed by atoms with Gasteiger partial charge in [-0.1, -0.05) is 45.9 Å². The van der Waals surface area contributed by atoms with Crippen molar-refractivity contribution in [2.45, 2.75) is 59.0 Å². The minimum Gasteiger partial charge on any atom is -0.361 e. The minimum atomic E-state index is -0.655. The van der Waals surface area contributed by atoms with Crippen molar-refractivity contribution in [3.63, 3.8) is 0 Å². The lowest BCUT2D eigenvalue weighted by molar-refractivity contribution is -0.136. The summed E-state index contributed by atoms with van der Waals surface area (Å²) in [5.41, 5.74) is 1.79. The van der Waals surface area contributed by atoms with Gasteiger partial charge in [-0.2, -0.15) is 0 Å². The molecule has 31 heavy (non-hydrogen) atoms. The summed E-state index contributed by atoms with van der Waals surface area (Å²) < 4.78 is 0. The fourth-order valence-electron chi connectivity index (χ4n) is 5.07. The maximum absolute atomic E-state index is 13.5. The Balaban J connectivity index is 1.50. The molecule has 1 spiro atoms. The fraction of sp³-hybridized carbons (Fsp3) is 0.600. The smallest absolute Gasteiger partial charge is 0.327 e. The molecule has 0 bridgehead atoms. The highest BCUT2D eigenvalue weighted by atomic mass is 16.2. The van der Waals surface area contributed by atoms with Crippen LogP contribution in [-0.4, -0.2) is 63.3 Å². The van der Waals surface area contributed by atoms with E-state index in [2.05, 4.69) is 62.0 Å². The van der Waals surface area contributed by atoms with Gasteiger partial charge in [-0.05, 0) is 42.7 Å². The molecule has 3 amide bonds. The summed E-state index contributed by atoms with van der Waals surface area (Å²) in [4.78, 5) is 36.0. The number of carbonyl (C=O) groups excluding carboxylic acids is 2. The second-order valence-corrected chi connectivity index (χ2v) is 10.1. The number of aromatic nitrogens is 1. The van der Waals surface area contributed by atoms with Gasteiger partial charge < -0.3 is 9.88 Å². The van der Waals surface area contributed by atoms with Crippen LogP contribution in [0.5, 0.6) is 0 Å². The molecule has 2 saturated heterocycles. The Morgan fingerprint density at radius 1 is 1.03 bits per heavy atom. The van der Waals surface area contributed by atoms with E-state index >= 15 is 0 Å². The van der Waals surface area contributed by atoms with Crippen molar-refractivity contribution < 1.29 is 9.59 Å². The van der Waals surface area contributed by atoms with Gasteiger partial charge in [0.2, 0.25) is 0 Å². The lowest BCUT2D eigenvalue weighted by Crippen LogP contribution is -2.56. The van der Waals surface area contributed by atoms with E-state index in [0.717, 1.165) is 31.6 Å². The maximum atomic E-state index is 13.5. The van der Waals surface area contributed by atoms with Crippen molar-refractivity contribution in [2.24, 2.45) is 11.8 Å². The van der Waals surface area contributed by atoms with Gasteiger partial charge in [-0.25, -0.2) is 4.79 Å². The normalized spacial score (nSPS) is 19.7. The first-order valence-electron chi connectivity index (χ1n) is 11.7. The molecule has 1 N–H and O–H groups in total. The van der Waals surface area contributed by atoms with E-state index < -0.39 is 5.54 Å². The number of imide groups is 1. The largest absolute Gasteiger partial charge is 0.361 e. The summed E-state index contributed by atoms with van der Waals surface area (Å²) in [6.45, 7) is 12.2. The number of piperidine rings is 1. The minimum absolute atomic E-state index is 0.0294. The van der Waals surface area contributed by atoms with Crippen LogP contribution in [0.1, 0.15) is 52.5 Å². The third-order valence-electron chi connectivity index (χ3n) is 6.85. The molecule has 0 radical (unpaired) electrons. The molecule has 6 heteroatoms. The highest BCUT2D eigenvalue weighted by Gasteiger charge is 2.57. The zero-order valence-corrected chi connectivity index (χ0v) is 19.4. The van der Waals surface area contributed by atoms with E-state index in [9.17, 15) is 9.59 Å². The SMILES string of the molecule is CC(C)CCN1C(=O)N(CC(C)C)C(=O)C12CCN(Cc1c[nH]c3ccccc13)CC2. The Hall–Kier alpha value is -2.34. The number of hydrogen-bond acceptors (Lipinski definition) is 3. The molecule has 2 aromatic rings. The van der Waals surface area contributed by atoms with Gasteiger partial charge >= 0.3 is 6.03 Å². The first kappa shape index (κ1) is 21.9. The molecule has 168 valence electrons. The number of hydrogen-bond donors (Lipinski definition) is 1. The third kappa shape index (κ3) is 4.10. The van der Waals surface area contributed by atoms with Crippen molar-refractivity contribution in [3.8, 4) is 0 Å². The van der Waals surface area contributed by atoms with Gasteiger partial charge in [-0.15, -0.1) is 0 Å². The number of urea groups is 1. The highest BCUT2D eigenvalue weighted by molar-refractivity contribution is 6.07. The molecule has 0 unspecified atom stereocenters. The summed E-state index contributed by atoms with van der Waals surface area (Å²) in [7, 11) is 0. The Bertz CT molecular complexity index is 940. The zero-order valence-electron chi connectivity index (χ0n) is 19.4. The number of aromatic amines is 1. The van der Waals surface area contributed by atoms with Crippen LogP contribution in [0.15, 0.2) is 30.5 Å². The second kappa shape index (κ2) is 8.65. The number of likely N-dealkylation sites (tertiary alicyclic amines) is 1. The van der Waals surface area contributed by atoms with E-state index in [0.29, 0.717) is 31.8 Å². The third-order valence-corrected chi connectivity index (χ3v) is 6.85. The molecule has 6 nitrogen and oxygen atoms in total. The monoisotopic (exact) mass is 424 g/mol. The molecule has 0 atom stereocenters. The first-order chi connectivity index (χ1) is 14.8. The zero-order chi connectivity index (χ0) is 22.2. The standard InChI is InChI=1S/C25H36N4O2/c1-18(2)9-12-29-24(31)28(16-19(3)4)23(30)25(29)10-13-27(14-11-25)17-20-15-26-22-8-6-5-7-21(20)22/h5-8,15,18-19,26H,9-14,16-17H2,1-4H3. The number of H-pyrrole nitrogens is 1. The van der Waals surface area contributed by atoms with Gasteiger partial charge in [0.15, 0.2) is 0 Å². The van der Waals surface area contributed by atoms with E-state index in [4.69, 9.17) is 0 Å². The Labute approximate surface area is 185 Å². The molecule has 0 saturated carbocycles. The van der Waals surface area contributed by atoms with Crippen LogP contribution in [0.4, 0.5) is 4.79 Å². The van der Waals surface area contributed by atoms with E-state index in [-0.39, 0.29) is 17.9 Å². The van der Waals surface area contributed by atoms with Gasteiger partial charge in [0.1, 0.15) is 5.54 Å². The van der Waals surface area contributed by atoms with Crippen molar-refractivity contribution >= 4 is 22.8 Å². The van der Waals surface area contributed by atoms with Gasteiger partial charge in [-0.3, -0.25) is 14.6 Å². The number of para-hydroxylation sites is 1. The molecule has 1 aromatic heterocycles. The lowest BCUT2D eigenvalue weighted by atomic mass is 9.85. The first-order valence-corrected chi connectivity index (χ1v) is 11.7. The van der Waals surface area contributed by atoms with Crippen LogP contribution in [0.3, 0.4) is 0 Å². The van der Waals surface area contributed by atoms with Crippen LogP contribution in [0, 0.1) is 11.8 Å². The predicted octanol–water partition coefficient (Wildman–Crippen LogP) is 4.47. The van der Waals surface area contributed by atoms with Gasteiger partial charge in [0.05, 0.1) is 0 Å². The Morgan fingerprint density at radius 3 is 2.42 bits per heavy atom. The number of rotatable bonds is 7. The summed E-state index contributed by atoms with van der Waals surface area (Å²) in [5, 5.41) is 1.26. The van der Waals surface area contributed by atoms with Gasteiger partial charge in [0, 0.05) is 49.8 Å². The number of carbonyl (C=O) groups is 2. The van der Waals surface area contributed by atoms with Crippen molar-refractivity contribution in [1.82, 2.24) is 19.7 Å². The second-order valence-electron chi connectivity index (χ2n) is 10.1. The van der Waals surface area contributed by atoms with Crippen LogP contribution < -0.4 is 0 Å². The van der Waals surface area contributed by atoms with E-state index in [1.165, 1.54) is 15.8 Å². The number of benzene rings is 1. The van der Waals surface area contributed by atoms with Gasteiger partial charge in [0.25, 0.3) is 5.91 Å². The number of amides is 3. The number of nitrogens with zero attached hydrogens (tertiary/aromatic N) is 3. The molecular formula is C25H36N4O2. The molecular weight excluding hydrogens is 388 g/mol. The molecule has 3 heterocycles.